The SMILES string of the molecule is CSCCC(C)Nc1c(C(N)=S)c(C)nn1C. The molecule has 6 heteroatoms. The van der Waals surface area contributed by atoms with Gasteiger partial charge in [-0.1, -0.05) is 12.2 Å². The molecule has 0 bridgehead atoms. The van der Waals surface area contributed by atoms with Gasteiger partial charge in [0, 0.05) is 13.1 Å². The smallest absolute Gasteiger partial charge is 0.134 e. The van der Waals surface area contributed by atoms with E-state index in [0.717, 1.165) is 29.2 Å². The first-order valence-electron chi connectivity index (χ1n) is 5.56. The highest BCUT2D eigenvalue weighted by atomic mass is 32.2. The summed E-state index contributed by atoms with van der Waals surface area (Å²) in [5.41, 5.74) is 7.47. The first kappa shape index (κ1) is 14.3. The summed E-state index contributed by atoms with van der Waals surface area (Å²) in [5, 5.41) is 7.78. The molecule has 0 amide bonds. The van der Waals surface area contributed by atoms with Crippen LogP contribution < -0.4 is 11.1 Å². The van der Waals surface area contributed by atoms with E-state index in [2.05, 4.69) is 23.6 Å². The molecule has 0 spiro atoms. The molecule has 0 saturated carbocycles. The van der Waals surface area contributed by atoms with Crippen LogP contribution in [0.25, 0.3) is 0 Å². The van der Waals surface area contributed by atoms with Crippen LogP contribution in [0.5, 0.6) is 0 Å². The second-order valence-corrected chi connectivity index (χ2v) is 5.55. The van der Waals surface area contributed by atoms with Crippen LogP contribution in [0, 0.1) is 6.92 Å². The molecule has 1 atom stereocenters. The fourth-order valence-electron chi connectivity index (χ4n) is 1.72. The highest BCUT2D eigenvalue weighted by molar-refractivity contribution is 7.98. The van der Waals surface area contributed by atoms with Crippen molar-refractivity contribution in [3.05, 3.63) is 11.3 Å². The number of aromatic nitrogens is 2. The van der Waals surface area contributed by atoms with E-state index in [1.807, 2.05) is 25.7 Å². The fraction of sp³-hybridized carbons (Fsp3) is 0.636. The average Bonchev–Trinajstić information content (AvgIpc) is 2.51. The van der Waals surface area contributed by atoms with Gasteiger partial charge in [-0.15, -0.1) is 0 Å². The molecular formula is C11H20N4S2. The molecule has 1 aromatic heterocycles. The first-order valence-corrected chi connectivity index (χ1v) is 7.36. The van der Waals surface area contributed by atoms with Gasteiger partial charge in [0.05, 0.1) is 11.3 Å². The van der Waals surface area contributed by atoms with Gasteiger partial charge in [0.25, 0.3) is 0 Å². The Hall–Kier alpha value is -0.750. The monoisotopic (exact) mass is 272 g/mol. The largest absolute Gasteiger partial charge is 0.389 e. The van der Waals surface area contributed by atoms with Gasteiger partial charge in [-0.3, -0.25) is 4.68 Å². The number of thiocarbonyl (C=S) groups is 1. The highest BCUT2D eigenvalue weighted by Crippen LogP contribution is 2.20. The van der Waals surface area contributed by atoms with Crippen LogP contribution in [-0.4, -0.2) is 32.8 Å². The Kier molecular flexibility index (Phi) is 5.27. The topological polar surface area (TPSA) is 55.9 Å². The summed E-state index contributed by atoms with van der Waals surface area (Å²) >= 11 is 6.92. The number of nitrogens with two attached hydrogens (primary N) is 1. The van der Waals surface area contributed by atoms with E-state index < -0.39 is 0 Å². The predicted octanol–water partition coefficient (Wildman–Crippen LogP) is 1.92. The number of nitrogens with zero attached hydrogens (tertiary/aromatic N) is 2. The van der Waals surface area contributed by atoms with Gasteiger partial charge >= 0.3 is 0 Å². The third kappa shape index (κ3) is 3.61. The highest BCUT2D eigenvalue weighted by Gasteiger charge is 2.16. The minimum absolute atomic E-state index is 0.380. The van der Waals surface area contributed by atoms with Gasteiger partial charge in [-0.05, 0) is 32.3 Å². The maximum absolute atomic E-state index is 5.74. The number of aryl methyl sites for hydroxylation is 2. The summed E-state index contributed by atoms with van der Waals surface area (Å²) in [6.07, 6.45) is 3.21. The summed E-state index contributed by atoms with van der Waals surface area (Å²) in [6.45, 7) is 4.08. The van der Waals surface area contributed by atoms with E-state index in [4.69, 9.17) is 18.0 Å². The van der Waals surface area contributed by atoms with Crippen LogP contribution >= 0.6 is 24.0 Å². The molecule has 1 heterocycles. The zero-order valence-corrected chi connectivity index (χ0v) is 12.4. The number of rotatable bonds is 6. The van der Waals surface area contributed by atoms with Crippen LogP contribution in [0.2, 0.25) is 0 Å². The Morgan fingerprint density at radius 3 is 2.82 bits per heavy atom. The number of nitrogens with one attached hydrogen (secondary N) is 1. The van der Waals surface area contributed by atoms with Crippen molar-refractivity contribution < 1.29 is 0 Å². The number of hydrogen-bond acceptors (Lipinski definition) is 4. The Balaban J connectivity index is 2.86. The van der Waals surface area contributed by atoms with Gasteiger partial charge in [-0.2, -0.15) is 16.9 Å². The molecule has 0 fully saturated rings. The van der Waals surface area contributed by atoms with Crippen molar-refractivity contribution in [3.8, 4) is 0 Å². The van der Waals surface area contributed by atoms with Crippen LogP contribution in [0.15, 0.2) is 0 Å². The van der Waals surface area contributed by atoms with E-state index in [1.54, 1.807) is 4.68 Å². The zero-order chi connectivity index (χ0) is 13.0. The second-order valence-electron chi connectivity index (χ2n) is 4.12. The minimum Gasteiger partial charge on any atom is -0.389 e. The van der Waals surface area contributed by atoms with Crippen LogP contribution in [-0.2, 0) is 7.05 Å². The van der Waals surface area contributed by atoms with Crippen molar-refractivity contribution in [1.29, 1.82) is 0 Å². The molecule has 1 rings (SSSR count). The van der Waals surface area contributed by atoms with Crippen molar-refractivity contribution in [2.45, 2.75) is 26.3 Å². The molecule has 4 nitrogen and oxygen atoms in total. The minimum atomic E-state index is 0.380. The number of hydrogen-bond donors (Lipinski definition) is 2. The van der Waals surface area contributed by atoms with Gasteiger partial charge in [0.15, 0.2) is 0 Å². The number of anilines is 1. The van der Waals surface area contributed by atoms with Crippen LogP contribution in [0.4, 0.5) is 5.82 Å². The Bertz CT molecular complexity index is 400. The van der Waals surface area contributed by atoms with Gasteiger partial charge < -0.3 is 11.1 Å². The van der Waals surface area contributed by atoms with E-state index in [1.165, 1.54) is 0 Å². The molecular weight excluding hydrogens is 252 g/mol. The molecule has 17 heavy (non-hydrogen) atoms. The Morgan fingerprint density at radius 1 is 1.65 bits per heavy atom. The lowest BCUT2D eigenvalue weighted by atomic mass is 10.2. The van der Waals surface area contributed by atoms with Crippen molar-refractivity contribution in [3.63, 3.8) is 0 Å². The van der Waals surface area contributed by atoms with E-state index >= 15 is 0 Å². The lowest BCUT2D eigenvalue weighted by Gasteiger charge is -2.16. The summed E-state index contributed by atoms with van der Waals surface area (Å²) in [4.78, 5) is 0.398. The molecule has 0 aliphatic heterocycles. The molecule has 0 radical (unpaired) electrons. The lowest BCUT2D eigenvalue weighted by molar-refractivity contribution is 0.717. The maximum atomic E-state index is 5.74. The summed E-state index contributed by atoms with van der Waals surface area (Å²) in [6, 6.07) is 0.380. The predicted molar refractivity (Wildman–Crippen MR) is 79.9 cm³/mol. The Morgan fingerprint density at radius 2 is 2.29 bits per heavy atom. The molecule has 0 aliphatic carbocycles. The standard InChI is InChI=1S/C11H20N4S2/c1-7(5-6-17-4)13-11-9(10(12)16)8(2)14-15(11)3/h7,13H,5-6H2,1-4H3,(H2,12,16). The second kappa shape index (κ2) is 6.26. The van der Waals surface area contributed by atoms with E-state index in [9.17, 15) is 0 Å². The summed E-state index contributed by atoms with van der Waals surface area (Å²) in [7, 11) is 1.90. The van der Waals surface area contributed by atoms with Gasteiger partial charge in [-0.25, -0.2) is 0 Å². The molecule has 3 N–H and O–H groups in total. The van der Waals surface area contributed by atoms with Crippen molar-refractivity contribution in [1.82, 2.24) is 9.78 Å². The van der Waals surface area contributed by atoms with Crippen LogP contribution in [0.1, 0.15) is 24.6 Å². The molecule has 0 aliphatic rings. The van der Waals surface area contributed by atoms with Crippen LogP contribution in [0.3, 0.4) is 0 Å². The molecule has 0 aromatic carbocycles. The Labute approximate surface area is 112 Å². The van der Waals surface area contributed by atoms with Crippen molar-refractivity contribution in [2.24, 2.45) is 12.8 Å². The molecule has 1 unspecified atom stereocenters. The van der Waals surface area contributed by atoms with E-state index in [-0.39, 0.29) is 0 Å². The third-order valence-electron chi connectivity index (χ3n) is 2.61. The zero-order valence-electron chi connectivity index (χ0n) is 10.8. The van der Waals surface area contributed by atoms with E-state index in [0.29, 0.717) is 11.0 Å². The van der Waals surface area contributed by atoms with Gasteiger partial charge in [0.2, 0.25) is 0 Å². The fourth-order valence-corrected chi connectivity index (χ4v) is 2.55. The average molecular weight is 272 g/mol. The quantitative estimate of drug-likeness (QED) is 0.775. The third-order valence-corrected chi connectivity index (χ3v) is 3.45. The lowest BCUT2D eigenvalue weighted by Crippen LogP contribution is -2.21. The first-order chi connectivity index (χ1) is 7.97. The normalized spacial score (nSPS) is 12.5. The molecule has 96 valence electrons. The van der Waals surface area contributed by atoms with Crippen molar-refractivity contribution >= 4 is 34.8 Å². The number of thioether (sulfide) groups is 1. The molecule has 0 saturated heterocycles. The summed E-state index contributed by atoms with van der Waals surface area (Å²) < 4.78 is 1.80. The summed E-state index contributed by atoms with van der Waals surface area (Å²) in [5.74, 6) is 2.05. The van der Waals surface area contributed by atoms with Gasteiger partial charge in [0.1, 0.15) is 10.8 Å². The maximum Gasteiger partial charge on any atom is 0.134 e. The molecule has 1 aromatic rings. The van der Waals surface area contributed by atoms with Crippen molar-refractivity contribution in [2.75, 3.05) is 17.3 Å².